The van der Waals surface area contributed by atoms with E-state index in [4.69, 9.17) is 9.47 Å². The second-order valence-electron chi connectivity index (χ2n) is 6.62. The molecule has 2 aromatic carbocycles. The van der Waals surface area contributed by atoms with Crippen molar-refractivity contribution in [3.05, 3.63) is 65.2 Å². The van der Waals surface area contributed by atoms with Crippen LogP contribution in [0.2, 0.25) is 0 Å². The molecule has 2 rings (SSSR count). The van der Waals surface area contributed by atoms with E-state index in [1.165, 1.54) is 16.7 Å². The molecule has 0 aliphatic rings. The van der Waals surface area contributed by atoms with Crippen LogP contribution in [0.5, 0.6) is 5.75 Å². The van der Waals surface area contributed by atoms with Crippen LogP contribution in [0.3, 0.4) is 0 Å². The van der Waals surface area contributed by atoms with Crippen LogP contribution < -0.4 is 4.74 Å². The summed E-state index contributed by atoms with van der Waals surface area (Å²) in [7, 11) is 0. The summed E-state index contributed by atoms with van der Waals surface area (Å²) >= 11 is 0. The molecule has 0 fully saturated rings. The maximum atomic E-state index is 5.98. The first kappa shape index (κ1) is 19.5. The van der Waals surface area contributed by atoms with Gasteiger partial charge in [0.05, 0.1) is 6.61 Å². The van der Waals surface area contributed by atoms with Gasteiger partial charge in [-0.2, -0.15) is 0 Å². The van der Waals surface area contributed by atoms with Gasteiger partial charge in [0.2, 0.25) is 0 Å². The number of aryl methyl sites for hydroxylation is 1. The first-order chi connectivity index (χ1) is 12.2. The van der Waals surface area contributed by atoms with Crippen molar-refractivity contribution in [3.63, 3.8) is 0 Å². The van der Waals surface area contributed by atoms with E-state index in [-0.39, 0.29) is 6.29 Å². The van der Waals surface area contributed by atoms with Crippen molar-refractivity contribution in [3.8, 4) is 5.75 Å². The lowest BCUT2D eigenvalue weighted by atomic mass is 9.99. The van der Waals surface area contributed by atoms with E-state index in [2.05, 4.69) is 76.2 Å². The molecule has 25 heavy (non-hydrogen) atoms. The van der Waals surface area contributed by atoms with E-state index in [1.807, 2.05) is 0 Å². The van der Waals surface area contributed by atoms with Crippen molar-refractivity contribution < 1.29 is 9.47 Å². The van der Waals surface area contributed by atoms with Gasteiger partial charge in [-0.05, 0) is 54.0 Å². The molecule has 2 aromatic rings. The van der Waals surface area contributed by atoms with Gasteiger partial charge in [-0.3, -0.25) is 0 Å². The standard InChI is InChI=1S/C23H32O2/c1-5-18(4)21-12-14-22(15-13-21)25-23(7-3)24-17-16-20-10-8-19(6-2)9-11-20/h8-15,18,23H,5-7,16-17H2,1-4H3. The predicted molar refractivity (Wildman–Crippen MR) is 105 cm³/mol. The van der Waals surface area contributed by atoms with Crippen LogP contribution in [-0.2, 0) is 17.6 Å². The second kappa shape index (κ2) is 10.2. The number of ether oxygens (including phenoxy) is 2. The molecule has 2 heteroatoms. The highest BCUT2D eigenvalue weighted by Gasteiger charge is 2.09. The number of benzene rings is 2. The Morgan fingerprint density at radius 2 is 1.44 bits per heavy atom. The molecule has 0 aliphatic heterocycles. The maximum absolute atomic E-state index is 5.98. The van der Waals surface area contributed by atoms with Gasteiger partial charge in [-0.1, -0.05) is 64.1 Å². The first-order valence-electron chi connectivity index (χ1n) is 9.62. The molecular formula is C23H32O2. The molecule has 136 valence electrons. The Morgan fingerprint density at radius 1 is 0.800 bits per heavy atom. The monoisotopic (exact) mass is 340 g/mol. The third-order valence-corrected chi connectivity index (χ3v) is 4.79. The van der Waals surface area contributed by atoms with Crippen molar-refractivity contribution >= 4 is 0 Å². The van der Waals surface area contributed by atoms with Gasteiger partial charge in [0.1, 0.15) is 5.75 Å². The highest BCUT2D eigenvalue weighted by atomic mass is 16.7. The quantitative estimate of drug-likeness (QED) is 0.484. The molecule has 2 nitrogen and oxygen atoms in total. The lowest BCUT2D eigenvalue weighted by Gasteiger charge is -2.19. The minimum atomic E-state index is -0.190. The van der Waals surface area contributed by atoms with E-state index in [9.17, 15) is 0 Å². The van der Waals surface area contributed by atoms with Crippen LogP contribution >= 0.6 is 0 Å². The molecule has 0 saturated heterocycles. The van der Waals surface area contributed by atoms with Crippen LogP contribution in [0.4, 0.5) is 0 Å². The van der Waals surface area contributed by atoms with Gasteiger partial charge >= 0.3 is 0 Å². The molecule has 0 spiro atoms. The third kappa shape index (κ3) is 6.21. The van der Waals surface area contributed by atoms with Gasteiger partial charge in [-0.15, -0.1) is 0 Å². The van der Waals surface area contributed by atoms with Gasteiger partial charge in [0, 0.05) is 6.42 Å². The van der Waals surface area contributed by atoms with Crippen LogP contribution in [0.1, 0.15) is 63.1 Å². The molecule has 0 N–H and O–H groups in total. The summed E-state index contributed by atoms with van der Waals surface area (Å²) in [5.41, 5.74) is 4.05. The molecular weight excluding hydrogens is 308 g/mol. The molecule has 0 bridgehead atoms. The Kier molecular flexibility index (Phi) is 8.00. The SMILES string of the molecule is CCc1ccc(CCOC(CC)Oc2ccc(C(C)CC)cc2)cc1. The Morgan fingerprint density at radius 3 is 2.00 bits per heavy atom. The Bertz CT molecular complexity index is 601. The molecule has 0 radical (unpaired) electrons. The average molecular weight is 341 g/mol. The highest BCUT2D eigenvalue weighted by Crippen LogP contribution is 2.22. The molecule has 0 aliphatic carbocycles. The van der Waals surface area contributed by atoms with Crippen molar-refractivity contribution in [1.29, 1.82) is 0 Å². The minimum absolute atomic E-state index is 0.190. The lowest BCUT2D eigenvalue weighted by Crippen LogP contribution is -2.21. The van der Waals surface area contributed by atoms with Crippen molar-refractivity contribution in [2.75, 3.05) is 6.61 Å². The summed E-state index contributed by atoms with van der Waals surface area (Å²) in [6, 6.07) is 17.2. The summed E-state index contributed by atoms with van der Waals surface area (Å²) < 4.78 is 11.9. The largest absolute Gasteiger partial charge is 0.465 e. The zero-order chi connectivity index (χ0) is 18.1. The Balaban J connectivity index is 1.81. The Labute approximate surface area is 153 Å². The highest BCUT2D eigenvalue weighted by molar-refractivity contribution is 5.29. The van der Waals surface area contributed by atoms with E-state index in [0.29, 0.717) is 12.5 Å². The van der Waals surface area contributed by atoms with Crippen molar-refractivity contribution in [2.45, 2.75) is 65.6 Å². The number of hydrogen-bond acceptors (Lipinski definition) is 2. The zero-order valence-electron chi connectivity index (χ0n) is 16.1. The third-order valence-electron chi connectivity index (χ3n) is 4.79. The summed E-state index contributed by atoms with van der Waals surface area (Å²) in [6.07, 6.45) is 3.79. The summed E-state index contributed by atoms with van der Waals surface area (Å²) in [6.45, 7) is 9.41. The van der Waals surface area contributed by atoms with E-state index in [1.54, 1.807) is 0 Å². The maximum Gasteiger partial charge on any atom is 0.199 e. The zero-order valence-corrected chi connectivity index (χ0v) is 16.1. The van der Waals surface area contributed by atoms with Crippen LogP contribution in [0, 0.1) is 0 Å². The van der Waals surface area contributed by atoms with Crippen LogP contribution in [0.25, 0.3) is 0 Å². The van der Waals surface area contributed by atoms with E-state index < -0.39 is 0 Å². The summed E-state index contributed by atoms with van der Waals surface area (Å²) in [5, 5.41) is 0. The molecule has 0 saturated carbocycles. The molecule has 2 atom stereocenters. The van der Waals surface area contributed by atoms with E-state index >= 15 is 0 Å². The predicted octanol–water partition coefficient (Wildman–Crippen LogP) is 6.14. The molecule has 0 amide bonds. The number of hydrogen-bond donors (Lipinski definition) is 0. The van der Waals surface area contributed by atoms with E-state index in [0.717, 1.165) is 31.4 Å². The normalized spacial score (nSPS) is 13.4. The summed E-state index contributed by atoms with van der Waals surface area (Å²) in [4.78, 5) is 0. The smallest absolute Gasteiger partial charge is 0.199 e. The second-order valence-corrected chi connectivity index (χ2v) is 6.62. The van der Waals surface area contributed by atoms with Gasteiger partial charge in [-0.25, -0.2) is 0 Å². The number of rotatable bonds is 10. The first-order valence-corrected chi connectivity index (χ1v) is 9.62. The lowest BCUT2D eigenvalue weighted by molar-refractivity contribution is -0.0804. The molecule has 0 heterocycles. The fourth-order valence-electron chi connectivity index (χ4n) is 2.75. The Hall–Kier alpha value is -1.80. The van der Waals surface area contributed by atoms with Gasteiger partial charge < -0.3 is 9.47 Å². The topological polar surface area (TPSA) is 18.5 Å². The fourth-order valence-corrected chi connectivity index (χ4v) is 2.75. The molecule has 0 aromatic heterocycles. The molecule has 2 unspecified atom stereocenters. The van der Waals surface area contributed by atoms with Crippen molar-refractivity contribution in [1.82, 2.24) is 0 Å². The minimum Gasteiger partial charge on any atom is -0.465 e. The van der Waals surface area contributed by atoms with Gasteiger partial charge in [0.15, 0.2) is 6.29 Å². The summed E-state index contributed by atoms with van der Waals surface area (Å²) in [5.74, 6) is 1.47. The van der Waals surface area contributed by atoms with Gasteiger partial charge in [0.25, 0.3) is 0 Å². The fraction of sp³-hybridized carbons (Fsp3) is 0.478. The average Bonchev–Trinajstić information content (AvgIpc) is 2.67. The van der Waals surface area contributed by atoms with Crippen molar-refractivity contribution in [2.24, 2.45) is 0 Å². The van der Waals surface area contributed by atoms with Crippen LogP contribution in [0.15, 0.2) is 48.5 Å². The van der Waals surface area contributed by atoms with Crippen LogP contribution in [-0.4, -0.2) is 12.9 Å².